The number of benzene rings is 1. The third-order valence-corrected chi connectivity index (χ3v) is 3.36. The summed E-state index contributed by atoms with van der Waals surface area (Å²) in [4.78, 5) is -1.88. The van der Waals surface area contributed by atoms with E-state index in [9.17, 15) is 19.4 Å². The minimum atomic E-state index is -9.54. The molecule has 0 aromatic heterocycles. The molecular weight excluding hydrogens is 285 g/mol. The summed E-state index contributed by atoms with van der Waals surface area (Å²) in [6, 6.07) is 2.30. The summed E-state index contributed by atoms with van der Waals surface area (Å²) in [6.45, 7) is 1.75. The van der Waals surface area contributed by atoms with E-state index >= 15 is 0 Å². The van der Waals surface area contributed by atoms with E-state index in [0.29, 0.717) is 24.1 Å². The molecule has 1 aromatic carbocycles. The Bertz CT molecular complexity index is 387. The molecule has 0 unspecified atom stereocenters. The Morgan fingerprint density at radius 2 is 1.47 bits per heavy atom. The Labute approximate surface area is 102 Å². The fourth-order valence-electron chi connectivity index (χ4n) is 1.21. The van der Waals surface area contributed by atoms with Gasteiger partial charge in [-0.3, -0.25) is 0 Å². The van der Waals surface area contributed by atoms with Crippen LogP contribution in [0.25, 0.3) is 0 Å². The molecule has 1 aromatic rings. The minimum Gasteiger partial charge on any atom is -0.324 e. The molecule has 0 aliphatic rings. The summed E-state index contributed by atoms with van der Waals surface area (Å²) < 4.78 is 61.7. The summed E-state index contributed by atoms with van der Waals surface area (Å²) in [5.41, 5.74) is 5.97. The monoisotopic (exact) mass is 297 g/mol. The smallest absolute Gasteiger partial charge is 0.310 e. The average molecular weight is 298 g/mol. The van der Waals surface area contributed by atoms with Gasteiger partial charge in [-0.05, 0) is 24.1 Å². The van der Waals surface area contributed by atoms with Crippen LogP contribution >= 0.6 is 22.6 Å². The highest BCUT2D eigenvalue weighted by Crippen LogP contribution is 3.02. The first-order valence-electron chi connectivity index (χ1n) is 4.53. The molecule has 0 saturated carbocycles. The number of hydrogen-bond acceptors (Lipinski definition) is 1. The zero-order valence-electron chi connectivity index (χ0n) is 8.88. The maximum atomic E-state index is 12.3. The number of nitrogens with two attached hydrogens (primary N) is 1. The topological polar surface area (TPSA) is 26.0 Å². The summed E-state index contributed by atoms with van der Waals surface area (Å²) in [7, 11) is -9.54. The van der Waals surface area contributed by atoms with Crippen LogP contribution in [0.4, 0.5) is 19.4 Å². The van der Waals surface area contributed by atoms with E-state index in [-0.39, 0.29) is 12.4 Å². The van der Waals surface area contributed by atoms with Crippen molar-refractivity contribution in [2.75, 3.05) is 0 Å². The maximum absolute atomic E-state index is 12.3. The zero-order valence-corrected chi connectivity index (χ0v) is 10.5. The van der Waals surface area contributed by atoms with Gasteiger partial charge < -0.3 is 5.73 Å². The van der Waals surface area contributed by atoms with Crippen molar-refractivity contribution >= 4 is 22.6 Å². The van der Waals surface area contributed by atoms with Crippen LogP contribution in [0, 0.1) is 0 Å². The lowest BCUT2D eigenvalue weighted by atomic mass is 10.1. The molecule has 0 radical (unpaired) electrons. The van der Waals surface area contributed by atoms with Gasteiger partial charge in [-0.15, -0.1) is 12.4 Å². The molecule has 1 nitrogen and oxygen atoms in total. The molecule has 0 aliphatic heterocycles. The Morgan fingerprint density at radius 3 is 1.76 bits per heavy atom. The summed E-state index contributed by atoms with van der Waals surface area (Å²) in [6.07, 6.45) is 0.524. The molecule has 0 heterocycles. The van der Waals surface area contributed by atoms with E-state index < -0.39 is 21.2 Å². The largest absolute Gasteiger partial charge is 0.324 e. The number of hydrogen-bond donors (Lipinski definition) is 1. The third kappa shape index (κ3) is 4.33. The molecule has 1 rings (SSSR count). The molecule has 1 atom stereocenters. The van der Waals surface area contributed by atoms with Crippen molar-refractivity contribution in [3.8, 4) is 0 Å². The second-order valence-electron chi connectivity index (χ2n) is 3.55. The Kier molecular flexibility index (Phi) is 3.87. The SMILES string of the molecule is CC[C@@H](N)c1ccc(S(F)(F)(F)(F)F)cc1.Cl. The van der Waals surface area contributed by atoms with Gasteiger partial charge in [-0.1, -0.05) is 38.5 Å². The maximum Gasteiger partial charge on any atom is 0.310 e. The van der Waals surface area contributed by atoms with E-state index in [1.165, 1.54) is 0 Å². The van der Waals surface area contributed by atoms with Gasteiger partial charge in [0.25, 0.3) is 0 Å². The molecule has 0 fully saturated rings. The highest BCUT2D eigenvalue weighted by molar-refractivity contribution is 8.45. The third-order valence-electron chi connectivity index (χ3n) is 2.19. The van der Waals surface area contributed by atoms with Gasteiger partial charge in [0.2, 0.25) is 0 Å². The summed E-state index contributed by atoms with van der Waals surface area (Å²) in [5, 5.41) is 0. The molecule has 0 spiro atoms. The van der Waals surface area contributed by atoms with Gasteiger partial charge in [-0.2, -0.15) is 0 Å². The van der Waals surface area contributed by atoms with Crippen molar-refractivity contribution in [2.24, 2.45) is 5.73 Å². The lowest BCUT2D eigenvalue weighted by molar-refractivity contribution is 0.364. The standard InChI is InChI=1S/C9H12F5NS.ClH/c1-2-9(15)7-3-5-8(6-4-7)16(10,11,12,13)14;/h3-6,9H,2,15H2,1H3;1H/t9-;/m1./s1. The van der Waals surface area contributed by atoms with Crippen molar-refractivity contribution in [1.29, 1.82) is 0 Å². The molecule has 17 heavy (non-hydrogen) atoms. The first-order valence-corrected chi connectivity index (χ1v) is 6.49. The molecule has 0 saturated heterocycles. The van der Waals surface area contributed by atoms with E-state index in [0.717, 1.165) is 12.1 Å². The Hall–Kier alpha value is -0.530. The first-order chi connectivity index (χ1) is 6.94. The van der Waals surface area contributed by atoms with Crippen LogP contribution in [0.1, 0.15) is 24.9 Å². The summed E-state index contributed by atoms with van der Waals surface area (Å²) in [5.74, 6) is 0. The normalized spacial score (nSPS) is 17.6. The van der Waals surface area contributed by atoms with E-state index in [2.05, 4.69) is 0 Å². The van der Waals surface area contributed by atoms with Crippen LogP contribution in [0.3, 0.4) is 0 Å². The van der Waals surface area contributed by atoms with Crippen molar-refractivity contribution in [1.82, 2.24) is 0 Å². The van der Waals surface area contributed by atoms with Gasteiger partial charge in [0, 0.05) is 6.04 Å². The van der Waals surface area contributed by atoms with Gasteiger partial charge in [0.15, 0.2) is 0 Å². The van der Waals surface area contributed by atoms with Gasteiger partial charge >= 0.3 is 10.2 Å². The highest BCUT2D eigenvalue weighted by Gasteiger charge is 2.65. The quantitative estimate of drug-likeness (QED) is 0.765. The summed E-state index contributed by atoms with van der Waals surface area (Å²) >= 11 is 0. The fourth-order valence-corrected chi connectivity index (χ4v) is 1.86. The van der Waals surface area contributed by atoms with E-state index in [1.807, 2.05) is 0 Å². The van der Waals surface area contributed by atoms with Crippen LogP contribution < -0.4 is 5.73 Å². The predicted molar refractivity (Wildman–Crippen MR) is 62.3 cm³/mol. The van der Waals surface area contributed by atoms with E-state index in [4.69, 9.17) is 5.73 Å². The minimum absolute atomic E-state index is 0. The molecule has 0 amide bonds. The molecular formula is C9H13ClF5NS. The molecule has 8 heteroatoms. The number of rotatable bonds is 3. The van der Waals surface area contributed by atoms with Gasteiger partial charge in [0.1, 0.15) is 4.90 Å². The fraction of sp³-hybridized carbons (Fsp3) is 0.333. The van der Waals surface area contributed by atoms with Crippen LogP contribution in [-0.4, -0.2) is 0 Å². The molecule has 102 valence electrons. The van der Waals surface area contributed by atoms with Crippen LogP contribution in [0.5, 0.6) is 0 Å². The average Bonchev–Trinajstić information content (AvgIpc) is 2.13. The van der Waals surface area contributed by atoms with E-state index in [1.54, 1.807) is 6.92 Å². The predicted octanol–water partition coefficient (Wildman–Crippen LogP) is 5.18. The first kappa shape index (κ1) is 16.5. The lowest BCUT2D eigenvalue weighted by Gasteiger charge is -2.40. The number of halogens is 6. The lowest BCUT2D eigenvalue weighted by Crippen LogP contribution is -2.10. The van der Waals surface area contributed by atoms with Gasteiger partial charge in [-0.25, -0.2) is 0 Å². The Balaban J connectivity index is 0.00000256. The van der Waals surface area contributed by atoms with Crippen LogP contribution in [0.15, 0.2) is 29.2 Å². The van der Waals surface area contributed by atoms with Crippen LogP contribution in [0.2, 0.25) is 0 Å². The molecule has 2 N–H and O–H groups in total. The van der Waals surface area contributed by atoms with Crippen molar-refractivity contribution < 1.29 is 19.4 Å². The Morgan fingerprint density at radius 1 is 1.06 bits per heavy atom. The zero-order chi connectivity index (χ0) is 12.7. The van der Waals surface area contributed by atoms with Crippen molar-refractivity contribution in [3.05, 3.63) is 29.8 Å². The second kappa shape index (κ2) is 4.00. The van der Waals surface area contributed by atoms with Crippen molar-refractivity contribution in [2.45, 2.75) is 24.3 Å². The van der Waals surface area contributed by atoms with Crippen LogP contribution in [-0.2, 0) is 0 Å². The second-order valence-corrected chi connectivity index (χ2v) is 5.96. The molecule has 0 aliphatic carbocycles. The van der Waals surface area contributed by atoms with Gasteiger partial charge in [0.05, 0.1) is 0 Å². The highest BCUT2D eigenvalue weighted by atomic mass is 35.5. The van der Waals surface area contributed by atoms with Crippen molar-refractivity contribution in [3.63, 3.8) is 0 Å². The molecule has 0 bridgehead atoms.